The zero-order valence-corrected chi connectivity index (χ0v) is 20.1. The molecule has 1 aliphatic rings. The summed E-state index contributed by atoms with van der Waals surface area (Å²) in [4.78, 5) is 18.9. The first kappa shape index (κ1) is 24.2. The zero-order chi connectivity index (χ0) is 24.3. The van der Waals surface area contributed by atoms with E-state index in [-0.39, 0.29) is 0 Å². The summed E-state index contributed by atoms with van der Waals surface area (Å²) in [5, 5.41) is 5.47. The molecule has 1 aromatic carbocycles. The molecule has 0 spiro atoms. The van der Waals surface area contributed by atoms with Gasteiger partial charge in [0.15, 0.2) is 0 Å². The van der Waals surface area contributed by atoms with Crippen molar-refractivity contribution in [2.75, 3.05) is 43.2 Å². The molecule has 3 aromatic heterocycles. The van der Waals surface area contributed by atoms with Gasteiger partial charge in [-0.05, 0) is 18.2 Å². The van der Waals surface area contributed by atoms with Crippen LogP contribution in [0.4, 0.5) is 11.5 Å². The summed E-state index contributed by atoms with van der Waals surface area (Å²) < 4.78 is 11.4. The third-order valence-electron chi connectivity index (χ3n) is 5.33. The highest BCUT2D eigenvalue weighted by atomic mass is 16.5. The lowest BCUT2D eigenvalue weighted by Gasteiger charge is -2.28. The Kier molecular flexibility index (Phi) is 8.61. The second kappa shape index (κ2) is 12.5. The summed E-state index contributed by atoms with van der Waals surface area (Å²) in [5.41, 5.74) is 6.67. The number of para-hydroxylation sites is 1. The van der Waals surface area contributed by atoms with Crippen LogP contribution in [-0.2, 0) is 11.2 Å². The van der Waals surface area contributed by atoms with Crippen LogP contribution in [0.3, 0.4) is 0 Å². The van der Waals surface area contributed by atoms with Gasteiger partial charge in [0.2, 0.25) is 0 Å². The number of hydrogen-bond acceptors (Lipinski definition) is 8. The van der Waals surface area contributed by atoms with Crippen molar-refractivity contribution in [3.8, 4) is 6.01 Å². The molecule has 1 aliphatic heterocycles. The van der Waals surface area contributed by atoms with E-state index in [4.69, 9.17) is 9.47 Å². The molecule has 35 heavy (non-hydrogen) atoms. The molecule has 0 amide bonds. The van der Waals surface area contributed by atoms with E-state index in [9.17, 15) is 0 Å². The van der Waals surface area contributed by atoms with Crippen LogP contribution in [-0.4, -0.2) is 59.1 Å². The number of nitrogens with zero attached hydrogens (tertiary/aromatic N) is 5. The molecule has 1 fully saturated rings. The van der Waals surface area contributed by atoms with E-state index < -0.39 is 0 Å². The smallest absolute Gasteiger partial charge is 0.318 e. The second-order valence-corrected chi connectivity index (χ2v) is 7.57. The maximum absolute atomic E-state index is 5.88. The fourth-order valence-electron chi connectivity index (χ4n) is 3.64. The van der Waals surface area contributed by atoms with Crippen LogP contribution in [0.1, 0.15) is 25.2 Å². The van der Waals surface area contributed by atoms with Gasteiger partial charge in [0.1, 0.15) is 5.82 Å². The van der Waals surface area contributed by atoms with E-state index in [1.807, 2.05) is 68.6 Å². The Balaban J connectivity index is 0.00000141. The number of morpholine rings is 1. The van der Waals surface area contributed by atoms with Crippen molar-refractivity contribution in [2.45, 2.75) is 20.3 Å². The Labute approximate surface area is 205 Å². The largest absolute Gasteiger partial charge is 0.463 e. The Bertz CT molecular complexity index is 1220. The van der Waals surface area contributed by atoms with Gasteiger partial charge in [-0.15, -0.1) is 0 Å². The van der Waals surface area contributed by atoms with Crippen molar-refractivity contribution in [2.24, 2.45) is 5.10 Å². The average Bonchev–Trinajstić information content (AvgIpc) is 3.34. The summed E-state index contributed by atoms with van der Waals surface area (Å²) >= 11 is 0. The highest BCUT2D eigenvalue weighted by Gasteiger charge is 2.15. The van der Waals surface area contributed by atoms with E-state index in [2.05, 4.69) is 35.4 Å². The molecule has 2 N–H and O–H groups in total. The molecular weight excluding hydrogens is 442 g/mol. The van der Waals surface area contributed by atoms with Gasteiger partial charge in [0.25, 0.3) is 0 Å². The Morgan fingerprint density at radius 2 is 1.94 bits per heavy atom. The number of nitrogens with one attached hydrogen (secondary N) is 2. The van der Waals surface area contributed by atoms with Crippen molar-refractivity contribution in [1.29, 1.82) is 0 Å². The lowest BCUT2D eigenvalue weighted by molar-refractivity contribution is 0.122. The Hall–Kier alpha value is -3.98. The van der Waals surface area contributed by atoms with Crippen LogP contribution in [0.15, 0.2) is 66.0 Å². The number of fused-ring (bicyclic) bond motifs is 1. The quantitative estimate of drug-likeness (QED) is 0.291. The predicted molar refractivity (Wildman–Crippen MR) is 139 cm³/mol. The van der Waals surface area contributed by atoms with Gasteiger partial charge in [0, 0.05) is 54.6 Å². The monoisotopic (exact) mass is 473 g/mol. The van der Waals surface area contributed by atoms with Gasteiger partial charge >= 0.3 is 6.01 Å². The van der Waals surface area contributed by atoms with E-state index in [1.165, 1.54) is 0 Å². The van der Waals surface area contributed by atoms with Gasteiger partial charge in [0.05, 0.1) is 37.4 Å². The van der Waals surface area contributed by atoms with Crippen LogP contribution in [0.2, 0.25) is 0 Å². The minimum absolute atomic E-state index is 0.323. The van der Waals surface area contributed by atoms with Crippen molar-refractivity contribution in [3.05, 3.63) is 72.3 Å². The van der Waals surface area contributed by atoms with Gasteiger partial charge in [-0.25, -0.2) is 0 Å². The van der Waals surface area contributed by atoms with E-state index >= 15 is 0 Å². The summed E-state index contributed by atoms with van der Waals surface area (Å²) in [6, 6.07) is 16.1. The third-order valence-corrected chi connectivity index (χ3v) is 5.33. The van der Waals surface area contributed by atoms with Crippen molar-refractivity contribution >= 4 is 28.6 Å². The minimum atomic E-state index is 0.323. The molecule has 9 heteroatoms. The maximum atomic E-state index is 5.88. The first-order valence-electron chi connectivity index (χ1n) is 11.9. The van der Waals surface area contributed by atoms with Crippen LogP contribution in [0.5, 0.6) is 6.01 Å². The van der Waals surface area contributed by atoms with Gasteiger partial charge in [-0.1, -0.05) is 38.1 Å². The number of aromatic nitrogens is 4. The number of pyridine rings is 1. The first-order chi connectivity index (χ1) is 17.3. The molecule has 0 saturated carbocycles. The molecule has 5 rings (SSSR count). The summed E-state index contributed by atoms with van der Waals surface area (Å²) in [5.74, 6) is 0.801. The Morgan fingerprint density at radius 1 is 1.11 bits per heavy atom. The second-order valence-electron chi connectivity index (χ2n) is 7.57. The molecule has 0 radical (unpaired) electrons. The molecule has 0 bridgehead atoms. The summed E-state index contributed by atoms with van der Waals surface area (Å²) in [6.07, 6.45) is 6.03. The minimum Gasteiger partial charge on any atom is -0.463 e. The first-order valence-corrected chi connectivity index (χ1v) is 11.9. The highest BCUT2D eigenvalue weighted by molar-refractivity contribution is 5.92. The molecule has 0 atom stereocenters. The molecule has 1 saturated heterocycles. The van der Waals surface area contributed by atoms with E-state index in [0.717, 1.165) is 41.2 Å². The fraction of sp³-hybridized carbons (Fsp3) is 0.308. The number of ether oxygens (including phenoxy) is 2. The van der Waals surface area contributed by atoms with Crippen molar-refractivity contribution < 1.29 is 9.47 Å². The topological polar surface area (TPSA) is 101 Å². The Morgan fingerprint density at radius 3 is 2.77 bits per heavy atom. The molecule has 0 unspecified atom stereocenters. The predicted octanol–water partition coefficient (Wildman–Crippen LogP) is 4.28. The number of hydrogen-bond donors (Lipinski definition) is 2. The maximum Gasteiger partial charge on any atom is 0.318 e. The lowest BCUT2D eigenvalue weighted by atomic mass is 10.2. The van der Waals surface area contributed by atoms with Gasteiger partial charge in [-0.3, -0.25) is 10.4 Å². The molecule has 4 aromatic rings. The SMILES string of the molecule is C(=N\Nc1c[nH]c2ccccc12)/c1cc(N2CCOCC2)nc(OCCc2ccccn2)n1.CC. The number of aromatic amines is 1. The van der Waals surface area contributed by atoms with Crippen LogP contribution in [0.25, 0.3) is 10.9 Å². The van der Waals surface area contributed by atoms with Crippen LogP contribution in [0, 0.1) is 0 Å². The molecular formula is C26H31N7O2. The molecule has 0 aliphatic carbocycles. The van der Waals surface area contributed by atoms with Crippen molar-refractivity contribution in [1.82, 2.24) is 19.9 Å². The molecule has 182 valence electrons. The number of benzene rings is 1. The zero-order valence-electron chi connectivity index (χ0n) is 20.1. The van der Waals surface area contributed by atoms with Crippen LogP contribution >= 0.6 is 0 Å². The third kappa shape index (κ3) is 6.54. The number of anilines is 2. The lowest BCUT2D eigenvalue weighted by Crippen LogP contribution is -2.37. The summed E-state index contributed by atoms with van der Waals surface area (Å²) in [7, 11) is 0. The highest BCUT2D eigenvalue weighted by Crippen LogP contribution is 2.22. The molecule has 4 heterocycles. The number of H-pyrrole nitrogens is 1. The fourth-order valence-corrected chi connectivity index (χ4v) is 3.64. The summed E-state index contributed by atoms with van der Waals surface area (Å²) in [6.45, 7) is 7.33. The van der Waals surface area contributed by atoms with E-state index in [0.29, 0.717) is 37.9 Å². The number of rotatable bonds is 8. The normalized spacial score (nSPS) is 13.5. The van der Waals surface area contributed by atoms with E-state index in [1.54, 1.807) is 12.4 Å². The molecule has 9 nitrogen and oxygen atoms in total. The average molecular weight is 474 g/mol. The number of hydrazone groups is 1. The van der Waals surface area contributed by atoms with Crippen LogP contribution < -0.4 is 15.1 Å². The standard InChI is InChI=1S/C24H25N7O2.C2H6/c1-2-7-21-20(6-1)22(17-26-21)30-27-16-19-15-23(31-10-13-32-14-11-31)29-24(28-19)33-12-8-18-5-3-4-9-25-18;1-2/h1-7,9,15-17,26,30H,8,10-14H2;1-2H3/b27-16+;. The van der Waals surface area contributed by atoms with Crippen molar-refractivity contribution in [3.63, 3.8) is 0 Å². The van der Waals surface area contributed by atoms with Gasteiger partial charge < -0.3 is 19.4 Å². The van der Waals surface area contributed by atoms with Gasteiger partial charge in [-0.2, -0.15) is 15.1 Å².